The van der Waals surface area contributed by atoms with E-state index >= 15 is 0 Å². The van der Waals surface area contributed by atoms with E-state index in [1.165, 1.54) is 12.1 Å². The SMILES string of the molecule is CCNCCC1CCN(c2ccc(F)c(F)c2)C1. The zero-order chi connectivity index (χ0) is 13.0. The van der Waals surface area contributed by atoms with Gasteiger partial charge in [-0.25, -0.2) is 8.78 Å². The predicted octanol–water partition coefficient (Wildman–Crippen LogP) is 2.79. The molecule has 1 heterocycles. The summed E-state index contributed by atoms with van der Waals surface area (Å²) in [5, 5.41) is 3.32. The smallest absolute Gasteiger partial charge is 0.160 e. The first-order chi connectivity index (χ1) is 8.70. The highest BCUT2D eigenvalue weighted by molar-refractivity contribution is 5.47. The van der Waals surface area contributed by atoms with Gasteiger partial charge in [-0.05, 0) is 44.0 Å². The Morgan fingerprint density at radius 2 is 2.17 bits per heavy atom. The number of rotatable bonds is 5. The van der Waals surface area contributed by atoms with Crippen molar-refractivity contribution in [1.82, 2.24) is 5.32 Å². The second kappa shape index (κ2) is 6.14. The number of nitrogens with one attached hydrogen (secondary N) is 1. The van der Waals surface area contributed by atoms with Gasteiger partial charge in [0.15, 0.2) is 11.6 Å². The molecular weight excluding hydrogens is 234 g/mol. The molecule has 0 radical (unpaired) electrons. The van der Waals surface area contributed by atoms with Crippen LogP contribution in [0.3, 0.4) is 0 Å². The van der Waals surface area contributed by atoms with Crippen molar-refractivity contribution < 1.29 is 8.78 Å². The second-order valence-electron chi connectivity index (χ2n) is 4.84. The van der Waals surface area contributed by atoms with Gasteiger partial charge in [0.25, 0.3) is 0 Å². The van der Waals surface area contributed by atoms with Crippen LogP contribution in [0.25, 0.3) is 0 Å². The molecule has 1 aromatic rings. The van der Waals surface area contributed by atoms with Gasteiger partial charge < -0.3 is 10.2 Å². The normalized spacial score (nSPS) is 19.5. The van der Waals surface area contributed by atoms with Crippen LogP contribution >= 0.6 is 0 Å². The minimum absolute atomic E-state index is 0.650. The van der Waals surface area contributed by atoms with Crippen LogP contribution in [0.2, 0.25) is 0 Å². The zero-order valence-electron chi connectivity index (χ0n) is 10.8. The van der Waals surface area contributed by atoms with Crippen LogP contribution < -0.4 is 10.2 Å². The van der Waals surface area contributed by atoms with Crippen LogP contribution in [0, 0.1) is 17.6 Å². The number of anilines is 1. The Morgan fingerprint density at radius 3 is 2.89 bits per heavy atom. The van der Waals surface area contributed by atoms with Gasteiger partial charge in [-0.3, -0.25) is 0 Å². The van der Waals surface area contributed by atoms with Crippen molar-refractivity contribution in [3.63, 3.8) is 0 Å². The molecule has 0 saturated carbocycles. The molecule has 18 heavy (non-hydrogen) atoms. The van der Waals surface area contributed by atoms with E-state index in [9.17, 15) is 8.78 Å². The predicted molar refractivity (Wildman–Crippen MR) is 69.8 cm³/mol. The molecule has 1 aromatic carbocycles. The first-order valence-corrected chi connectivity index (χ1v) is 6.61. The van der Waals surface area contributed by atoms with E-state index in [1.54, 1.807) is 6.07 Å². The van der Waals surface area contributed by atoms with E-state index in [1.807, 2.05) is 0 Å². The van der Waals surface area contributed by atoms with Crippen molar-refractivity contribution >= 4 is 5.69 Å². The number of nitrogens with zero attached hydrogens (tertiary/aromatic N) is 1. The highest BCUT2D eigenvalue weighted by Crippen LogP contribution is 2.26. The summed E-state index contributed by atoms with van der Waals surface area (Å²) in [6, 6.07) is 4.16. The average Bonchev–Trinajstić information content (AvgIpc) is 2.82. The molecular formula is C14H20F2N2. The molecule has 1 atom stereocenters. The molecule has 1 aliphatic heterocycles. The third kappa shape index (κ3) is 3.19. The summed E-state index contributed by atoms with van der Waals surface area (Å²) in [6.07, 6.45) is 2.28. The monoisotopic (exact) mass is 254 g/mol. The zero-order valence-corrected chi connectivity index (χ0v) is 10.8. The van der Waals surface area contributed by atoms with E-state index in [2.05, 4.69) is 17.1 Å². The maximum atomic E-state index is 13.2. The van der Waals surface area contributed by atoms with Gasteiger partial charge in [-0.1, -0.05) is 6.92 Å². The molecule has 1 saturated heterocycles. The Bertz CT molecular complexity index is 395. The molecule has 4 heteroatoms. The van der Waals surface area contributed by atoms with Gasteiger partial charge in [0.05, 0.1) is 0 Å². The summed E-state index contributed by atoms with van der Waals surface area (Å²) in [5.74, 6) is -0.887. The van der Waals surface area contributed by atoms with E-state index < -0.39 is 11.6 Å². The van der Waals surface area contributed by atoms with E-state index in [0.717, 1.165) is 44.7 Å². The second-order valence-corrected chi connectivity index (χ2v) is 4.84. The molecule has 1 fully saturated rings. The molecule has 0 bridgehead atoms. The Balaban J connectivity index is 1.89. The molecule has 2 rings (SSSR count). The number of hydrogen-bond donors (Lipinski definition) is 1. The number of benzene rings is 1. The molecule has 100 valence electrons. The fraction of sp³-hybridized carbons (Fsp3) is 0.571. The third-order valence-electron chi connectivity index (χ3n) is 3.53. The average molecular weight is 254 g/mol. The van der Waals surface area contributed by atoms with Gasteiger partial charge in [0.1, 0.15) is 0 Å². The first-order valence-electron chi connectivity index (χ1n) is 6.61. The first kappa shape index (κ1) is 13.3. The van der Waals surface area contributed by atoms with Gasteiger partial charge in [-0.2, -0.15) is 0 Å². The highest BCUT2D eigenvalue weighted by atomic mass is 19.2. The van der Waals surface area contributed by atoms with E-state index in [-0.39, 0.29) is 0 Å². The Labute approximate surface area is 107 Å². The quantitative estimate of drug-likeness (QED) is 0.813. The molecule has 0 spiro atoms. The lowest BCUT2D eigenvalue weighted by Crippen LogP contribution is -2.22. The van der Waals surface area contributed by atoms with Gasteiger partial charge in [0, 0.05) is 24.8 Å². The molecule has 0 amide bonds. The third-order valence-corrected chi connectivity index (χ3v) is 3.53. The summed E-state index contributed by atoms with van der Waals surface area (Å²) in [6.45, 7) is 6.01. The van der Waals surface area contributed by atoms with Crippen LogP contribution in [0.1, 0.15) is 19.8 Å². The molecule has 0 aliphatic carbocycles. The number of hydrogen-bond acceptors (Lipinski definition) is 2. The lowest BCUT2D eigenvalue weighted by molar-refractivity contribution is 0.506. The summed E-state index contributed by atoms with van der Waals surface area (Å²) in [4.78, 5) is 2.14. The van der Waals surface area contributed by atoms with Crippen LogP contribution in [0.5, 0.6) is 0 Å². The summed E-state index contributed by atoms with van der Waals surface area (Å²) in [5.41, 5.74) is 0.792. The molecule has 1 N–H and O–H groups in total. The lowest BCUT2D eigenvalue weighted by atomic mass is 10.1. The summed E-state index contributed by atoms with van der Waals surface area (Å²) >= 11 is 0. The van der Waals surface area contributed by atoms with Gasteiger partial charge in [0.2, 0.25) is 0 Å². The molecule has 2 nitrogen and oxygen atoms in total. The summed E-state index contributed by atoms with van der Waals surface area (Å²) in [7, 11) is 0. The minimum atomic E-state index is -0.776. The van der Waals surface area contributed by atoms with Crippen molar-refractivity contribution in [2.45, 2.75) is 19.8 Å². The maximum absolute atomic E-state index is 13.2. The summed E-state index contributed by atoms with van der Waals surface area (Å²) < 4.78 is 26.0. The van der Waals surface area contributed by atoms with Crippen molar-refractivity contribution in [1.29, 1.82) is 0 Å². The fourth-order valence-electron chi connectivity index (χ4n) is 2.47. The topological polar surface area (TPSA) is 15.3 Å². The largest absolute Gasteiger partial charge is 0.371 e. The van der Waals surface area contributed by atoms with E-state index in [4.69, 9.17) is 0 Å². The lowest BCUT2D eigenvalue weighted by Gasteiger charge is -2.19. The van der Waals surface area contributed by atoms with Crippen molar-refractivity contribution in [3.8, 4) is 0 Å². The van der Waals surface area contributed by atoms with Crippen molar-refractivity contribution in [3.05, 3.63) is 29.8 Å². The van der Waals surface area contributed by atoms with Crippen molar-refractivity contribution in [2.24, 2.45) is 5.92 Å². The van der Waals surface area contributed by atoms with Gasteiger partial charge in [-0.15, -0.1) is 0 Å². The molecule has 1 unspecified atom stereocenters. The molecule has 1 aliphatic rings. The Morgan fingerprint density at radius 1 is 1.33 bits per heavy atom. The Kier molecular flexibility index (Phi) is 4.53. The minimum Gasteiger partial charge on any atom is -0.371 e. The van der Waals surface area contributed by atoms with Crippen molar-refractivity contribution in [2.75, 3.05) is 31.1 Å². The number of halogens is 2. The Hall–Kier alpha value is -1.16. The fourth-order valence-corrected chi connectivity index (χ4v) is 2.47. The van der Waals surface area contributed by atoms with Gasteiger partial charge >= 0.3 is 0 Å². The van der Waals surface area contributed by atoms with E-state index in [0.29, 0.717) is 5.92 Å². The van der Waals surface area contributed by atoms with Crippen LogP contribution in [-0.4, -0.2) is 26.2 Å². The van der Waals surface area contributed by atoms with Crippen LogP contribution in [0.4, 0.5) is 14.5 Å². The highest BCUT2D eigenvalue weighted by Gasteiger charge is 2.22. The van der Waals surface area contributed by atoms with Crippen LogP contribution in [-0.2, 0) is 0 Å². The molecule has 0 aromatic heterocycles. The standard InChI is InChI=1S/C14H20F2N2/c1-2-17-7-5-11-6-8-18(10-11)12-3-4-13(15)14(16)9-12/h3-4,9,11,17H,2,5-8,10H2,1H3. The van der Waals surface area contributed by atoms with Crippen LogP contribution in [0.15, 0.2) is 18.2 Å². The maximum Gasteiger partial charge on any atom is 0.160 e.